The van der Waals surface area contributed by atoms with E-state index in [-0.39, 0.29) is 0 Å². The third-order valence-corrected chi connectivity index (χ3v) is 2.44. The van der Waals surface area contributed by atoms with Crippen LogP contribution < -0.4 is 0 Å². The second-order valence-electron chi connectivity index (χ2n) is 2.47. The van der Waals surface area contributed by atoms with Gasteiger partial charge in [-0.2, -0.15) is 0 Å². The van der Waals surface area contributed by atoms with Gasteiger partial charge in [-0.15, -0.1) is 11.8 Å². The van der Waals surface area contributed by atoms with E-state index in [0.29, 0.717) is 0 Å². The summed E-state index contributed by atoms with van der Waals surface area (Å²) in [5, 5.41) is 0. The average Bonchev–Trinajstić information content (AvgIpc) is 1.94. The zero-order valence-corrected chi connectivity index (χ0v) is 7.46. The highest BCUT2D eigenvalue weighted by Crippen LogP contribution is 2.20. The molecular formula is C9H12S. The lowest BCUT2D eigenvalue weighted by atomic mass is 10.2. The van der Waals surface area contributed by atoms with E-state index < -0.39 is 0 Å². The van der Waals surface area contributed by atoms with Gasteiger partial charge in [0, 0.05) is 4.90 Å². The van der Waals surface area contributed by atoms with Crippen molar-refractivity contribution >= 4 is 11.8 Å². The van der Waals surface area contributed by atoms with E-state index in [9.17, 15) is 0 Å². The molecule has 1 aromatic carbocycles. The van der Waals surface area contributed by atoms with E-state index in [0.717, 1.165) is 0 Å². The number of rotatable bonds is 1. The molecule has 54 valence electrons. The lowest BCUT2D eigenvalue weighted by molar-refractivity contribution is 1.26. The molecule has 0 fully saturated rings. The molecule has 0 heterocycles. The van der Waals surface area contributed by atoms with Crippen LogP contribution in [0.25, 0.3) is 0 Å². The summed E-state index contributed by atoms with van der Waals surface area (Å²) in [6.45, 7) is 4.27. The molecule has 1 rings (SSSR count). The Morgan fingerprint density at radius 2 is 1.90 bits per heavy atom. The van der Waals surface area contributed by atoms with Gasteiger partial charge in [-0.3, -0.25) is 0 Å². The molecule has 0 saturated heterocycles. The molecule has 1 heteroatoms. The maximum atomic E-state index is 2.22. The molecule has 0 saturated carbocycles. The molecule has 0 atom stereocenters. The minimum absolute atomic E-state index is 1.34. The van der Waals surface area contributed by atoms with Crippen LogP contribution in [0.5, 0.6) is 0 Å². The van der Waals surface area contributed by atoms with Gasteiger partial charge in [0.1, 0.15) is 0 Å². The standard InChI is InChI=1S/C9H12S/c1-7-4-5-8(2)9(6-7)10-3/h4-6H,1-3H3. The van der Waals surface area contributed by atoms with Crippen LogP contribution in [0.2, 0.25) is 0 Å². The molecule has 0 unspecified atom stereocenters. The lowest BCUT2D eigenvalue weighted by Gasteiger charge is -2.01. The predicted molar refractivity (Wildman–Crippen MR) is 47.7 cm³/mol. The van der Waals surface area contributed by atoms with Gasteiger partial charge in [0.05, 0.1) is 0 Å². The van der Waals surface area contributed by atoms with Gasteiger partial charge in [-0.1, -0.05) is 17.7 Å². The highest BCUT2D eigenvalue weighted by Gasteiger charge is 1.94. The Morgan fingerprint density at radius 3 is 2.40 bits per heavy atom. The fourth-order valence-electron chi connectivity index (χ4n) is 0.927. The molecule has 0 radical (unpaired) electrons. The first kappa shape index (κ1) is 7.67. The van der Waals surface area contributed by atoms with E-state index >= 15 is 0 Å². The van der Waals surface area contributed by atoms with Crippen molar-refractivity contribution in [1.82, 2.24) is 0 Å². The molecule has 0 aliphatic carbocycles. The van der Waals surface area contributed by atoms with Crippen molar-refractivity contribution in [2.45, 2.75) is 18.7 Å². The SMILES string of the molecule is CSc1cc(C)ccc1C. The molecule has 0 spiro atoms. The zero-order valence-electron chi connectivity index (χ0n) is 6.64. The molecule has 0 nitrogen and oxygen atoms in total. The summed E-state index contributed by atoms with van der Waals surface area (Å²) in [5.41, 5.74) is 2.72. The Balaban J connectivity index is 3.09. The number of hydrogen-bond donors (Lipinski definition) is 0. The van der Waals surface area contributed by atoms with Gasteiger partial charge in [-0.25, -0.2) is 0 Å². The van der Waals surface area contributed by atoms with Gasteiger partial charge >= 0.3 is 0 Å². The molecule has 0 aliphatic rings. The Morgan fingerprint density at radius 1 is 1.20 bits per heavy atom. The third kappa shape index (κ3) is 1.54. The third-order valence-electron chi connectivity index (χ3n) is 1.56. The summed E-state index contributed by atoms with van der Waals surface area (Å²) < 4.78 is 0. The normalized spacial score (nSPS) is 9.90. The summed E-state index contributed by atoms with van der Waals surface area (Å²) in [5.74, 6) is 0. The molecule has 0 amide bonds. The second-order valence-corrected chi connectivity index (χ2v) is 3.32. The summed E-state index contributed by atoms with van der Waals surface area (Å²) >= 11 is 1.81. The molecule has 0 aliphatic heterocycles. The van der Waals surface area contributed by atoms with E-state index in [2.05, 4.69) is 38.3 Å². The first-order chi connectivity index (χ1) is 4.74. The van der Waals surface area contributed by atoms with Crippen LogP contribution >= 0.6 is 11.8 Å². The Labute approximate surface area is 66.6 Å². The molecule has 0 N–H and O–H groups in total. The fourth-order valence-corrected chi connectivity index (χ4v) is 1.62. The van der Waals surface area contributed by atoms with Crippen LogP contribution in [0.3, 0.4) is 0 Å². The largest absolute Gasteiger partial charge is 0.129 e. The van der Waals surface area contributed by atoms with Crippen molar-refractivity contribution in [1.29, 1.82) is 0 Å². The van der Waals surface area contributed by atoms with Crippen molar-refractivity contribution in [3.05, 3.63) is 29.3 Å². The minimum atomic E-state index is 1.34. The summed E-state index contributed by atoms with van der Waals surface area (Å²) in [6.07, 6.45) is 2.11. The first-order valence-corrected chi connectivity index (χ1v) is 4.58. The molecule has 0 bridgehead atoms. The van der Waals surface area contributed by atoms with Gasteiger partial charge < -0.3 is 0 Å². The van der Waals surface area contributed by atoms with Gasteiger partial charge in [-0.05, 0) is 31.7 Å². The number of thioether (sulfide) groups is 1. The monoisotopic (exact) mass is 152 g/mol. The predicted octanol–water partition coefficient (Wildman–Crippen LogP) is 3.03. The summed E-state index contributed by atoms with van der Waals surface area (Å²) in [4.78, 5) is 1.39. The molecule has 0 aromatic heterocycles. The quantitative estimate of drug-likeness (QED) is 0.557. The minimum Gasteiger partial charge on any atom is -0.129 e. The number of benzene rings is 1. The van der Waals surface area contributed by atoms with Crippen LogP contribution in [-0.2, 0) is 0 Å². The van der Waals surface area contributed by atoms with E-state index in [4.69, 9.17) is 0 Å². The van der Waals surface area contributed by atoms with Crippen molar-refractivity contribution in [2.75, 3.05) is 6.26 Å². The number of aryl methyl sites for hydroxylation is 2. The van der Waals surface area contributed by atoms with E-state index in [1.165, 1.54) is 16.0 Å². The van der Waals surface area contributed by atoms with Crippen LogP contribution in [0, 0.1) is 13.8 Å². The fraction of sp³-hybridized carbons (Fsp3) is 0.333. The molecular weight excluding hydrogens is 140 g/mol. The van der Waals surface area contributed by atoms with Crippen molar-refractivity contribution < 1.29 is 0 Å². The van der Waals surface area contributed by atoms with Crippen molar-refractivity contribution in [3.63, 3.8) is 0 Å². The van der Waals surface area contributed by atoms with Crippen LogP contribution in [0.4, 0.5) is 0 Å². The van der Waals surface area contributed by atoms with Crippen molar-refractivity contribution in [3.8, 4) is 0 Å². The first-order valence-electron chi connectivity index (χ1n) is 3.35. The van der Waals surface area contributed by atoms with Gasteiger partial charge in [0.25, 0.3) is 0 Å². The Hall–Kier alpha value is -0.430. The molecule has 1 aromatic rings. The smallest absolute Gasteiger partial charge is 0.0101 e. The highest BCUT2D eigenvalue weighted by atomic mass is 32.2. The summed E-state index contributed by atoms with van der Waals surface area (Å²) in [6, 6.07) is 6.54. The number of hydrogen-bond acceptors (Lipinski definition) is 1. The van der Waals surface area contributed by atoms with Gasteiger partial charge in [0.15, 0.2) is 0 Å². The highest BCUT2D eigenvalue weighted by molar-refractivity contribution is 7.98. The topological polar surface area (TPSA) is 0 Å². The van der Waals surface area contributed by atoms with Crippen molar-refractivity contribution in [2.24, 2.45) is 0 Å². The van der Waals surface area contributed by atoms with Crippen LogP contribution in [-0.4, -0.2) is 6.26 Å². The average molecular weight is 152 g/mol. The summed E-state index contributed by atoms with van der Waals surface area (Å²) in [7, 11) is 0. The molecule has 10 heavy (non-hydrogen) atoms. The van der Waals surface area contributed by atoms with E-state index in [1.807, 2.05) is 11.8 Å². The maximum Gasteiger partial charge on any atom is 0.0101 e. The lowest BCUT2D eigenvalue weighted by Crippen LogP contribution is -1.79. The van der Waals surface area contributed by atoms with Crippen LogP contribution in [0.1, 0.15) is 11.1 Å². The maximum absolute atomic E-state index is 2.22. The Kier molecular flexibility index (Phi) is 2.39. The zero-order chi connectivity index (χ0) is 7.56. The van der Waals surface area contributed by atoms with Gasteiger partial charge in [0.2, 0.25) is 0 Å². The second kappa shape index (κ2) is 3.11. The van der Waals surface area contributed by atoms with Crippen LogP contribution in [0.15, 0.2) is 23.1 Å². The van der Waals surface area contributed by atoms with E-state index in [1.54, 1.807) is 0 Å². The Bertz CT molecular complexity index is 228.